The number of rotatable bonds is 5. The lowest BCUT2D eigenvalue weighted by molar-refractivity contribution is 0.0987. The van der Waals surface area contributed by atoms with Crippen molar-refractivity contribution in [2.45, 2.75) is 6.42 Å². The molecule has 0 fully saturated rings. The molecule has 2 N–H and O–H groups in total. The van der Waals surface area contributed by atoms with E-state index in [0.29, 0.717) is 24.4 Å². The Morgan fingerprint density at radius 3 is 2.80 bits per heavy atom. The predicted molar refractivity (Wildman–Crippen MR) is 92.1 cm³/mol. The number of nitrogens with zero attached hydrogens (tertiary/aromatic N) is 5. The molecular formula is C17H15N7O. The Morgan fingerprint density at radius 1 is 1.12 bits per heavy atom. The monoisotopic (exact) mass is 333 g/mol. The minimum absolute atomic E-state index is 0.0915. The molecule has 8 nitrogen and oxygen atoms in total. The van der Waals surface area contributed by atoms with E-state index in [0.717, 1.165) is 16.7 Å². The number of amides is 1. The number of fused-ring (bicyclic) bond motifs is 1. The van der Waals surface area contributed by atoms with Crippen molar-refractivity contribution in [1.29, 1.82) is 0 Å². The van der Waals surface area contributed by atoms with Gasteiger partial charge in [0.25, 0.3) is 5.91 Å². The van der Waals surface area contributed by atoms with Crippen molar-refractivity contribution in [2.75, 3.05) is 11.4 Å². The first-order chi connectivity index (χ1) is 12.3. The summed E-state index contributed by atoms with van der Waals surface area (Å²) in [5.74, 6) is 0.476. The fourth-order valence-corrected chi connectivity index (χ4v) is 2.68. The van der Waals surface area contributed by atoms with Gasteiger partial charge in [0.1, 0.15) is 0 Å². The van der Waals surface area contributed by atoms with Crippen LogP contribution in [0.2, 0.25) is 0 Å². The summed E-state index contributed by atoms with van der Waals surface area (Å²) in [6, 6.07) is 15.0. The van der Waals surface area contributed by atoms with Crippen LogP contribution in [0.3, 0.4) is 0 Å². The molecular weight excluding hydrogens is 318 g/mol. The highest BCUT2D eigenvalue weighted by Gasteiger charge is 2.19. The maximum Gasteiger partial charge on any atom is 0.258 e. The third-order valence-corrected chi connectivity index (χ3v) is 3.93. The highest BCUT2D eigenvalue weighted by Crippen LogP contribution is 2.19. The zero-order valence-electron chi connectivity index (χ0n) is 13.3. The maximum absolute atomic E-state index is 13.1. The Labute approximate surface area is 142 Å². The van der Waals surface area contributed by atoms with E-state index in [-0.39, 0.29) is 5.91 Å². The molecule has 0 aliphatic heterocycles. The van der Waals surface area contributed by atoms with E-state index < -0.39 is 0 Å². The molecule has 0 bridgehead atoms. The number of carbonyl (C=O) groups excluding carboxylic acids is 1. The van der Waals surface area contributed by atoms with Crippen LogP contribution in [0.5, 0.6) is 0 Å². The van der Waals surface area contributed by atoms with Crippen LogP contribution in [-0.4, -0.2) is 43.0 Å². The van der Waals surface area contributed by atoms with Gasteiger partial charge in [-0.05, 0) is 30.3 Å². The number of H-pyrrole nitrogens is 2. The van der Waals surface area contributed by atoms with Crippen LogP contribution >= 0.6 is 0 Å². The zero-order valence-corrected chi connectivity index (χ0v) is 13.3. The van der Waals surface area contributed by atoms with Crippen LogP contribution < -0.4 is 4.90 Å². The molecule has 4 aromatic rings. The van der Waals surface area contributed by atoms with Gasteiger partial charge in [-0.15, -0.1) is 10.2 Å². The second-order valence-corrected chi connectivity index (χ2v) is 5.50. The molecule has 124 valence electrons. The quantitative estimate of drug-likeness (QED) is 0.581. The Bertz CT molecular complexity index is 979. The van der Waals surface area contributed by atoms with Gasteiger partial charge in [-0.2, -0.15) is 5.21 Å². The number of benzene rings is 2. The van der Waals surface area contributed by atoms with Gasteiger partial charge in [0.05, 0.1) is 17.4 Å². The first-order valence-electron chi connectivity index (χ1n) is 7.83. The molecule has 0 saturated carbocycles. The topological polar surface area (TPSA) is 103 Å². The minimum atomic E-state index is -0.0915. The van der Waals surface area contributed by atoms with Crippen LogP contribution in [0.25, 0.3) is 11.0 Å². The van der Waals surface area contributed by atoms with Gasteiger partial charge in [0, 0.05) is 24.2 Å². The fraction of sp³-hybridized carbons (Fsp3) is 0.118. The van der Waals surface area contributed by atoms with Crippen molar-refractivity contribution in [2.24, 2.45) is 0 Å². The number of carbonyl (C=O) groups is 1. The largest absolute Gasteiger partial charge is 0.345 e. The summed E-state index contributed by atoms with van der Waals surface area (Å²) in [6.07, 6.45) is 2.12. The summed E-state index contributed by atoms with van der Waals surface area (Å²) < 4.78 is 0. The fourth-order valence-electron chi connectivity index (χ4n) is 2.68. The van der Waals surface area contributed by atoms with Crippen LogP contribution in [0, 0.1) is 0 Å². The summed E-state index contributed by atoms with van der Waals surface area (Å²) in [6.45, 7) is 0.448. The van der Waals surface area contributed by atoms with E-state index >= 15 is 0 Å². The molecule has 0 aliphatic carbocycles. The second-order valence-electron chi connectivity index (χ2n) is 5.50. The number of aromatic amines is 2. The number of aromatic nitrogens is 6. The summed E-state index contributed by atoms with van der Waals surface area (Å²) in [5, 5.41) is 13.9. The Morgan fingerprint density at radius 2 is 2.00 bits per heavy atom. The van der Waals surface area contributed by atoms with Crippen LogP contribution in [0.4, 0.5) is 5.69 Å². The van der Waals surface area contributed by atoms with Gasteiger partial charge in [-0.3, -0.25) is 4.79 Å². The normalized spacial score (nSPS) is 10.9. The van der Waals surface area contributed by atoms with Crippen molar-refractivity contribution >= 4 is 22.6 Å². The van der Waals surface area contributed by atoms with E-state index in [2.05, 4.69) is 30.6 Å². The van der Waals surface area contributed by atoms with Crippen LogP contribution in [0.1, 0.15) is 16.2 Å². The van der Waals surface area contributed by atoms with Crippen LogP contribution in [0.15, 0.2) is 54.9 Å². The smallest absolute Gasteiger partial charge is 0.258 e. The Hall–Kier alpha value is -3.55. The van der Waals surface area contributed by atoms with E-state index in [1.165, 1.54) is 0 Å². The molecule has 0 aliphatic rings. The molecule has 0 radical (unpaired) electrons. The van der Waals surface area contributed by atoms with Crippen LogP contribution in [-0.2, 0) is 6.42 Å². The SMILES string of the molecule is O=C(c1ccc2nc[nH]c2c1)N(CCc1nn[nH]n1)c1ccccc1. The molecule has 25 heavy (non-hydrogen) atoms. The van der Waals surface area contributed by atoms with Gasteiger partial charge in [-0.1, -0.05) is 23.4 Å². The standard InChI is InChI=1S/C17H15N7O/c25-17(12-6-7-14-15(10-12)19-11-18-14)24(13-4-2-1-3-5-13)9-8-16-20-22-23-21-16/h1-7,10-11H,8-9H2,(H,18,19)(H,20,21,22,23). The van der Waals surface area contributed by atoms with Gasteiger partial charge in [-0.25, -0.2) is 4.98 Å². The summed E-state index contributed by atoms with van der Waals surface area (Å²) in [5.41, 5.74) is 3.07. The molecule has 0 spiro atoms. The summed E-state index contributed by atoms with van der Waals surface area (Å²) in [7, 11) is 0. The molecule has 2 aromatic carbocycles. The number of hydrogen-bond acceptors (Lipinski definition) is 5. The molecule has 4 rings (SSSR count). The molecule has 8 heteroatoms. The second kappa shape index (κ2) is 6.52. The molecule has 0 unspecified atom stereocenters. The van der Waals surface area contributed by atoms with E-state index in [9.17, 15) is 4.79 Å². The third kappa shape index (κ3) is 3.09. The van der Waals surface area contributed by atoms with E-state index in [4.69, 9.17) is 0 Å². The number of tetrazole rings is 1. The van der Waals surface area contributed by atoms with Crippen molar-refractivity contribution in [1.82, 2.24) is 30.6 Å². The summed E-state index contributed by atoms with van der Waals surface area (Å²) in [4.78, 5) is 22.0. The maximum atomic E-state index is 13.1. The van der Waals surface area contributed by atoms with E-state index in [1.54, 1.807) is 17.3 Å². The Kier molecular flexibility index (Phi) is 3.91. The number of nitrogens with one attached hydrogen (secondary N) is 2. The number of imidazole rings is 1. The van der Waals surface area contributed by atoms with E-state index in [1.807, 2.05) is 42.5 Å². The molecule has 2 heterocycles. The molecule has 1 amide bonds. The first kappa shape index (κ1) is 15.0. The number of para-hydroxylation sites is 1. The summed E-state index contributed by atoms with van der Waals surface area (Å²) >= 11 is 0. The highest BCUT2D eigenvalue weighted by molar-refractivity contribution is 6.07. The first-order valence-corrected chi connectivity index (χ1v) is 7.83. The lowest BCUT2D eigenvalue weighted by Gasteiger charge is -2.22. The minimum Gasteiger partial charge on any atom is -0.345 e. The highest BCUT2D eigenvalue weighted by atomic mass is 16.2. The predicted octanol–water partition coefficient (Wildman–Crippen LogP) is 1.97. The van der Waals surface area contributed by atoms with Gasteiger partial charge < -0.3 is 9.88 Å². The van der Waals surface area contributed by atoms with Crippen molar-refractivity contribution in [3.8, 4) is 0 Å². The van der Waals surface area contributed by atoms with Gasteiger partial charge in [0.15, 0.2) is 5.82 Å². The van der Waals surface area contributed by atoms with Crippen molar-refractivity contribution in [3.63, 3.8) is 0 Å². The van der Waals surface area contributed by atoms with Crippen molar-refractivity contribution in [3.05, 3.63) is 66.2 Å². The average Bonchev–Trinajstić information content (AvgIpc) is 3.33. The number of hydrogen-bond donors (Lipinski definition) is 2. The van der Waals surface area contributed by atoms with Crippen molar-refractivity contribution < 1.29 is 4.79 Å². The van der Waals surface area contributed by atoms with Gasteiger partial charge >= 0.3 is 0 Å². The third-order valence-electron chi connectivity index (χ3n) is 3.93. The average molecular weight is 333 g/mol. The Balaban J connectivity index is 1.64. The molecule has 0 saturated heterocycles. The lowest BCUT2D eigenvalue weighted by atomic mass is 10.1. The number of anilines is 1. The van der Waals surface area contributed by atoms with Gasteiger partial charge in [0.2, 0.25) is 0 Å². The molecule has 0 atom stereocenters. The zero-order chi connectivity index (χ0) is 17.1. The molecule has 2 aromatic heterocycles. The lowest BCUT2D eigenvalue weighted by Crippen LogP contribution is -2.33.